The average Bonchev–Trinajstić information content (AvgIpc) is 3.09. The summed E-state index contributed by atoms with van der Waals surface area (Å²) < 4.78 is 12.9. The van der Waals surface area contributed by atoms with E-state index < -0.39 is 0 Å². The molecular weight excluding hydrogens is 551 g/mol. The number of hydrogen-bond acceptors (Lipinski definition) is 4. The van der Waals surface area contributed by atoms with Crippen molar-refractivity contribution in [3.63, 3.8) is 0 Å². The van der Waals surface area contributed by atoms with Crippen LogP contribution in [0.3, 0.4) is 0 Å². The highest BCUT2D eigenvalue weighted by molar-refractivity contribution is 6.73. The van der Waals surface area contributed by atoms with E-state index in [2.05, 4.69) is 109 Å². The molecule has 0 unspecified atom stereocenters. The summed E-state index contributed by atoms with van der Waals surface area (Å²) in [4.78, 5) is 2.39. The van der Waals surface area contributed by atoms with Crippen LogP contribution in [0.2, 0.25) is 0 Å². The molecule has 0 saturated carbocycles. The van der Waals surface area contributed by atoms with E-state index >= 15 is 0 Å². The van der Waals surface area contributed by atoms with Crippen molar-refractivity contribution in [3.8, 4) is 34.1 Å². The SMILES string of the molecule is [B]1c2ccccc2N(C2=CCCC=C2)c2cc3c#cccc3c(-c3cc4c(cc3Nc3ccccc3)Oc3ccccc3O4)c21. The average molecular weight is 577 g/mol. The van der Waals surface area contributed by atoms with Gasteiger partial charge in [0.2, 0.25) is 0 Å². The summed E-state index contributed by atoms with van der Waals surface area (Å²) in [6.45, 7) is 0. The monoisotopic (exact) mass is 577 g/mol. The van der Waals surface area contributed by atoms with Gasteiger partial charge in [-0.15, -0.1) is 0 Å². The summed E-state index contributed by atoms with van der Waals surface area (Å²) in [5.74, 6) is 2.74. The molecular formula is C40H26BN2O2. The van der Waals surface area contributed by atoms with Gasteiger partial charge in [0.25, 0.3) is 0 Å². The van der Waals surface area contributed by atoms with Crippen LogP contribution >= 0.6 is 0 Å². The number of ether oxygens (including phenoxy) is 2. The Morgan fingerprint density at radius 1 is 0.733 bits per heavy atom. The molecule has 6 aromatic rings. The summed E-state index contributed by atoms with van der Waals surface area (Å²) in [6, 6.07) is 43.8. The van der Waals surface area contributed by atoms with Crippen molar-refractivity contribution in [1.82, 2.24) is 0 Å². The van der Waals surface area contributed by atoms with Crippen LogP contribution in [0.1, 0.15) is 12.8 Å². The molecule has 4 nitrogen and oxygen atoms in total. The fraction of sp³-hybridized carbons (Fsp3) is 0.0500. The second kappa shape index (κ2) is 10.4. The van der Waals surface area contributed by atoms with Gasteiger partial charge in [-0.2, -0.15) is 0 Å². The van der Waals surface area contributed by atoms with Crippen LogP contribution in [0.25, 0.3) is 21.9 Å². The molecule has 0 atom stereocenters. The number of nitrogens with zero attached hydrogens (tertiary/aromatic N) is 1. The highest BCUT2D eigenvalue weighted by Gasteiger charge is 2.31. The molecule has 1 radical (unpaired) electrons. The molecule has 6 aromatic carbocycles. The fourth-order valence-electron chi connectivity index (χ4n) is 6.55. The molecule has 0 amide bonds. The van der Waals surface area contributed by atoms with Crippen LogP contribution in [0.5, 0.6) is 23.0 Å². The second-order valence-corrected chi connectivity index (χ2v) is 11.4. The lowest BCUT2D eigenvalue weighted by Gasteiger charge is -2.36. The molecule has 3 aliphatic rings. The maximum Gasteiger partial charge on any atom is 0.197 e. The van der Waals surface area contributed by atoms with Crippen molar-refractivity contribution in [2.75, 3.05) is 10.2 Å². The number of anilines is 4. The first-order valence-electron chi connectivity index (χ1n) is 15.2. The predicted octanol–water partition coefficient (Wildman–Crippen LogP) is 9.09. The first kappa shape index (κ1) is 25.6. The van der Waals surface area contributed by atoms with Gasteiger partial charge in [-0.3, -0.25) is 0 Å². The van der Waals surface area contributed by atoms with E-state index in [0.29, 0.717) is 23.0 Å². The van der Waals surface area contributed by atoms with Crippen LogP contribution in [-0.4, -0.2) is 7.28 Å². The van der Waals surface area contributed by atoms with Crippen molar-refractivity contribution in [3.05, 3.63) is 145 Å². The fourth-order valence-corrected chi connectivity index (χ4v) is 6.55. The van der Waals surface area contributed by atoms with Crippen molar-refractivity contribution in [2.45, 2.75) is 12.8 Å². The number of benzene rings is 5. The Morgan fingerprint density at radius 3 is 2.33 bits per heavy atom. The molecule has 9 rings (SSSR count). The number of nitrogens with one attached hydrogen (secondary N) is 1. The van der Waals surface area contributed by atoms with E-state index in [0.717, 1.165) is 63.0 Å². The Balaban J connectivity index is 1.33. The summed E-state index contributed by atoms with van der Waals surface area (Å²) in [5, 5.41) is 5.79. The Morgan fingerprint density at radius 2 is 1.51 bits per heavy atom. The van der Waals surface area contributed by atoms with Gasteiger partial charge in [-0.1, -0.05) is 78.3 Å². The molecule has 0 aromatic heterocycles. The highest BCUT2D eigenvalue weighted by atomic mass is 16.6. The van der Waals surface area contributed by atoms with Gasteiger partial charge in [0.05, 0.1) is 5.69 Å². The van der Waals surface area contributed by atoms with E-state index in [1.807, 2.05) is 48.5 Å². The van der Waals surface area contributed by atoms with Gasteiger partial charge in [-0.25, -0.2) is 0 Å². The zero-order valence-electron chi connectivity index (χ0n) is 24.4. The summed E-state index contributed by atoms with van der Waals surface area (Å²) in [6.07, 6.45) is 8.90. The Kier molecular flexibility index (Phi) is 5.92. The van der Waals surface area contributed by atoms with E-state index in [1.54, 1.807) is 0 Å². The van der Waals surface area contributed by atoms with Crippen LogP contribution in [0, 0.1) is 12.1 Å². The topological polar surface area (TPSA) is 33.7 Å². The van der Waals surface area contributed by atoms with Gasteiger partial charge >= 0.3 is 0 Å². The molecule has 45 heavy (non-hydrogen) atoms. The van der Waals surface area contributed by atoms with Gasteiger partial charge < -0.3 is 19.7 Å². The highest BCUT2D eigenvalue weighted by Crippen LogP contribution is 2.50. The molecule has 1 aliphatic carbocycles. The maximum atomic E-state index is 6.47. The molecule has 0 spiro atoms. The zero-order valence-corrected chi connectivity index (χ0v) is 24.4. The first-order chi connectivity index (χ1) is 22.3. The van der Waals surface area contributed by atoms with Crippen molar-refractivity contribution < 1.29 is 9.47 Å². The van der Waals surface area contributed by atoms with Crippen molar-refractivity contribution in [2.24, 2.45) is 0 Å². The molecule has 2 heterocycles. The lowest BCUT2D eigenvalue weighted by Crippen LogP contribution is -2.42. The molecule has 0 bridgehead atoms. The third kappa shape index (κ3) is 4.34. The third-order valence-electron chi connectivity index (χ3n) is 8.57. The van der Waals surface area contributed by atoms with E-state index in [1.165, 1.54) is 11.2 Å². The molecule has 0 saturated heterocycles. The standard InChI is InChI=1S/C40H26BN2O2/c1-3-14-27(15-4-1)42-32-25-38-37(44-35-21-11-12-22-36(35)45-38)24-30(32)39-29-18-8-7-13-26(29)23-34-40(39)41-31-19-9-10-20-33(31)43(34)28-16-5-2-6-17-28/h1,3-5,8-12,14-25,42H,2,6H2. The minimum Gasteiger partial charge on any atom is -0.449 e. The van der Waals surface area contributed by atoms with Gasteiger partial charge in [0.1, 0.15) is 0 Å². The Bertz CT molecular complexity index is 2190. The van der Waals surface area contributed by atoms with Crippen LogP contribution in [0.15, 0.2) is 133 Å². The molecule has 5 heteroatoms. The lowest BCUT2D eigenvalue weighted by molar-refractivity contribution is 0.360. The van der Waals surface area contributed by atoms with Gasteiger partial charge in [-0.05, 0) is 89.9 Å². The number of allylic oxidation sites excluding steroid dienone is 3. The van der Waals surface area contributed by atoms with E-state index in [9.17, 15) is 0 Å². The van der Waals surface area contributed by atoms with E-state index in [4.69, 9.17) is 9.47 Å². The third-order valence-corrected chi connectivity index (χ3v) is 8.57. The maximum absolute atomic E-state index is 6.47. The predicted molar refractivity (Wildman–Crippen MR) is 183 cm³/mol. The quantitative estimate of drug-likeness (QED) is 0.212. The van der Waals surface area contributed by atoms with Crippen LogP contribution in [-0.2, 0) is 0 Å². The summed E-state index contributed by atoms with van der Waals surface area (Å²) in [7, 11) is 2.32. The van der Waals surface area contributed by atoms with Crippen LogP contribution < -0.4 is 30.6 Å². The Hall–Kier alpha value is -5.86. The summed E-state index contributed by atoms with van der Waals surface area (Å²) in [5.41, 5.74) is 9.75. The second-order valence-electron chi connectivity index (χ2n) is 11.4. The van der Waals surface area contributed by atoms with Crippen LogP contribution in [0.4, 0.5) is 22.7 Å². The van der Waals surface area contributed by atoms with Gasteiger partial charge in [0, 0.05) is 39.8 Å². The van der Waals surface area contributed by atoms with Gasteiger partial charge in [0.15, 0.2) is 30.3 Å². The molecule has 0 fully saturated rings. The molecule has 1 N–H and O–H groups in total. The normalized spacial score (nSPS) is 14.0. The molecule has 211 valence electrons. The smallest absolute Gasteiger partial charge is 0.197 e. The van der Waals surface area contributed by atoms with Crippen molar-refractivity contribution >= 4 is 51.7 Å². The largest absolute Gasteiger partial charge is 0.449 e. The first-order valence-corrected chi connectivity index (χ1v) is 15.2. The Labute approximate surface area is 263 Å². The summed E-state index contributed by atoms with van der Waals surface area (Å²) >= 11 is 0. The number of rotatable bonds is 4. The van der Waals surface area contributed by atoms with Crippen molar-refractivity contribution in [1.29, 1.82) is 0 Å². The van der Waals surface area contributed by atoms with E-state index in [-0.39, 0.29) is 0 Å². The minimum atomic E-state index is 0.665. The number of hydrogen-bond donors (Lipinski definition) is 1. The minimum absolute atomic E-state index is 0.665. The zero-order chi connectivity index (χ0) is 29.7. The molecule has 2 aliphatic heterocycles. The number of fused-ring (bicyclic) bond motifs is 5. The number of para-hydroxylation sites is 4. The lowest BCUT2D eigenvalue weighted by atomic mass is 9.57.